The second-order valence-electron chi connectivity index (χ2n) is 16.6. The van der Waals surface area contributed by atoms with Gasteiger partial charge in [-0.2, -0.15) is 49.2 Å². The zero-order chi connectivity index (χ0) is 40.2. The average molecular weight is 819 g/mol. The second-order valence-corrected chi connectivity index (χ2v) is 28.0. The van der Waals surface area contributed by atoms with E-state index in [0.29, 0.717) is 52.1 Å². The zero-order valence-corrected chi connectivity index (χ0v) is 37.9. The first-order chi connectivity index (χ1) is 26.1. The van der Waals surface area contributed by atoms with Crippen LogP contribution in [0.2, 0.25) is 0 Å². The van der Waals surface area contributed by atoms with Crippen LogP contribution < -0.4 is 9.47 Å². The van der Waals surface area contributed by atoms with Crippen molar-refractivity contribution in [2.24, 2.45) is 0 Å². The van der Waals surface area contributed by atoms with Crippen LogP contribution in [0.3, 0.4) is 0 Å². The summed E-state index contributed by atoms with van der Waals surface area (Å²) in [5, 5.41) is 24.2. The molecule has 300 valence electrons. The fraction of sp³-hybridized carbons (Fsp3) is 0.458. The largest absolute Gasteiger partial charge is 0.199 e. The minimum atomic E-state index is -0.282. The molecule has 1 heterocycles. The van der Waals surface area contributed by atoms with Gasteiger partial charge in [0.25, 0.3) is 0 Å². The topological polar surface area (TPSA) is 58.9 Å². The van der Waals surface area contributed by atoms with Crippen LogP contribution >= 0.6 is 15.9 Å². The number of rotatable bonds is 8. The molecule has 2 unspecified atom stereocenters. The Morgan fingerprint density at radius 2 is 0.964 bits per heavy atom. The molecule has 0 aromatic heterocycles. The van der Waals surface area contributed by atoms with Crippen LogP contribution in [0, 0.1) is 13.8 Å². The van der Waals surface area contributed by atoms with Gasteiger partial charge in [0.05, 0.1) is 0 Å². The summed E-state index contributed by atoms with van der Waals surface area (Å²) in [4.78, 5) is 0. The third-order valence-electron chi connectivity index (χ3n) is 10.0. The van der Waals surface area contributed by atoms with E-state index in [-0.39, 0.29) is 26.3 Å². The smallest absolute Gasteiger partial charge is 0.0866 e. The van der Waals surface area contributed by atoms with E-state index in [2.05, 4.69) is 67.5 Å². The van der Waals surface area contributed by atoms with Crippen LogP contribution in [0.15, 0.2) is 84.9 Å². The molecule has 1 saturated carbocycles. The number of ether oxygens (including phenoxy) is 2. The summed E-state index contributed by atoms with van der Waals surface area (Å²) in [5.74, 6) is 3.92. The summed E-state index contributed by atoms with van der Waals surface area (Å²) < 4.78 is 11.9. The molecule has 4 nitrogen and oxygen atoms in total. The molecule has 55 heavy (non-hydrogen) atoms. The molecule has 4 aromatic carbocycles. The number of hydrogen-bond donors (Lipinski definition) is 2. The van der Waals surface area contributed by atoms with Crippen molar-refractivity contribution in [2.75, 3.05) is 13.2 Å². The van der Waals surface area contributed by atoms with Gasteiger partial charge in [-0.1, -0.05) is 12.1 Å². The van der Waals surface area contributed by atoms with Crippen molar-refractivity contribution in [3.8, 4) is 23.0 Å². The first-order valence-corrected chi connectivity index (χ1v) is 26.7. The summed E-state index contributed by atoms with van der Waals surface area (Å²) in [6.07, 6.45) is 7.98. The van der Waals surface area contributed by atoms with E-state index in [1.54, 1.807) is 0 Å². The maximum atomic E-state index is 11.3. The van der Waals surface area contributed by atoms with Gasteiger partial charge in [-0.15, -0.1) is 24.3 Å². The summed E-state index contributed by atoms with van der Waals surface area (Å²) >= 11 is -0.282. The maximum absolute atomic E-state index is 11.3. The Labute approximate surface area is 344 Å². The van der Waals surface area contributed by atoms with Crippen molar-refractivity contribution in [2.45, 2.75) is 127 Å². The third-order valence-corrected chi connectivity index (χ3v) is 26.0. The van der Waals surface area contributed by atoms with E-state index in [4.69, 9.17) is 9.47 Å². The van der Waals surface area contributed by atoms with Gasteiger partial charge in [0, 0.05) is 0 Å². The third kappa shape index (κ3) is 13.4. The second kappa shape index (κ2) is 21.1. The molecule has 2 N–H and O–H groups in total. The predicted molar refractivity (Wildman–Crippen MR) is 236 cm³/mol. The molecule has 0 bridgehead atoms. The molecule has 0 radical (unpaired) electrons. The molecule has 7 heteroatoms. The SMILES string of the molecule is CCOc1cc(C(C)(C)C)cc(C[S]2=[Ti]=[S@@](Cc3cc(C(C)(C)C)cc(OCC)c3O)C3CCCCCC[C@@H]32)c1O.[CH2-]c1ccccc1.[CH2-]c1ccccc1. The molecule has 1 aliphatic carbocycles. The van der Waals surface area contributed by atoms with Crippen molar-refractivity contribution in [1.82, 2.24) is 0 Å². The van der Waals surface area contributed by atoms with Crippen LogP contribution in [0.4, 0.5) is 0 Å². The number of phenols is 2. The summed E-state index contributed by atoms with van der Waals surface area (Å²) in [5.41, 5.74) is 6.75. The fourth-order valence-electron chi connectivity index (χ4n) is 6.84. The van der Waals surface area contributed by atoms with E-state index in [9.17, 15) is 10.2 Å². The van der Waals surface area contributed by atoms with E-state index >= 15 is 0 Å². The number of benzene rings is 4. The van der Waals surface area contributed by atoms with Gasteiger partial charge in [-0.05, 0) is 0 Å². The van der Waals surface area contributed by atoms with Crippen molar-refractivity contribution < 1.29 is 35.1 Å². The maximum Gasteiger partial charge on any atom is -0.0866 e. The quantitative estimate of drug-likeness (QED) is 0.137. The molecule has 0 amide bonds. The molecule has 4 aromatic rings. The molecular formula is C48H66O4S2Ti-2. The van der Waals surface area contributed by atoms with Gasteiger partial charge in [0.15, 0.2) is 0 Å². The van der Waals surface area contributed by atoms with Crippen molar-refractivity contribution in [3.63, 3.8) is 0 Å². The normalized spacial score (nSPS) is 19.4. The van der Waals surface area contributed by atoms with Gasteiger partial charge in [-0.3, -0.25) is 0 Å². The molecule has 0 saturated heterocycles. The van der Waals surface area contributed by atoms with Crippen LogP contribution in [0.1, 0.15) is 127 Å². The van der Waals surface area contributed by atoms with Gasteiger partial charge in [-0.25, -0.2) is 0 Å². The molecule has 0 spiro atoms. The molecule has 1 fully saturated rings. The van der Waals surface area contributed by atoms with Crippen LogP contribution in [0.25, 0.3) is 0 Å². The van der Waals surface area contributed by atoms with Gasteiger partial charge in [0.1, 0.15) is 0 Å². The van der Waals surface area contributed by atoms with E-state index in [0.717, 1.165) is 44.3 Å². The Morgan fingerprint density at radius 3 is 1.25 bits per heavy atom. The van der Waals surface area contributed by atoms with Crippen molar-refractivity contribution in [1.29, 1.82) is 0 Å². The van der Waals surface area contributed by atoms with Crippen molar-refractivity contribution >= 4 is 15.9 Å². The standard InChI is InChI=1S/C34H52O4S2.2C7H7.Ti/c1-9-37-27-19-25(33(3,4)5)17-23(31(27)35)21-39-29-15-13-11-12-14-16-30(29)40-22-24-18-26(34(6,7)8)20-28(32(24)36)38-10-2;2*1-7-5-3-2-4-6-7;/h17-20,29-30,35-36H,9-16,21-22H2,1-8H3;2*2-6H,1H2;/q;2*-1;/t29-,30?;;;/m0.../s1. The monoisotopic (exact) mass is 818 g/mol. The van der Waals surface area contributed by atoms with Gasteiger partial charge in [0.2, 0.25) is 0 Å². The Kier molecular flexibility index (Phi) is 17.3. The Hall–Kier alpha value is -2.77. The number of hydrogen-bond acceptors (Lipinski definition) is 4. The Bertz CT molecular complexity index is 1750. The summed E-state index contributed by atoms with van der Waals surface area (Å²) in [6, 6.07) is 28.4. The summed E-state index contributed by atoms with van der Waals surface area (Å²) in [7, 11) is 0.592. The fourth-order valence-corrected chi connectivity index (χ4v) is 27.7. The number of aromatic hydroxyl groups is 2. The van der Waals surface area contributed by atoms with Crippen LogP contribution in [-0.2, 0) is 37.8 Å². The predicted octanol–water partition coefficient (Wildman–Crippen LogP) is 13.5. The molecule has 4 atom stereocenters. The number of fused-ring (bicyclic) bond motifs is 1. The minimum Gasteiger partial charge on any atom is -0.199 e. The first-order valence-electron chi connectivity index (χ1n) is 20.0. The van der Waals surface area contributed by atoms with Crippen LogP contribution in [0.5, 0.6) is 23.0 Å². The molecule has 1 aliphatic heterocycles. The molecule has 2 aliphatic rings. The Morgan fingerprint density at radius 1 is 0.600 bits per heavy atom. The zero-order valence-electron chi connectivity index (χ0n) is 34.8. The first kappa shape index (κ1) is 44.9. The minimum absolute atomic E-state index is 0.00963. The molecular weight excluding hydrogens is 753 g/mol. The average Bonchev–Trinajstić information content (AvgIpc) is 3.42. The number of phenolic OH excluding ortho intramolecular Hbond substituents is 2. The summed E-state index contributed by atoms with van der Waals surface area (Å²) in [6.45, 7) is 25.9. The van der Waals surface area contributed by atoms with Gasteiger partial charge >= 0.3 is 261 Å². The van der Waals surface area contributed by atoms with Crippen LogP contribution in [-0.4, -0.2) is 33.9 Å². The van der Waals surface area contributed by atoms with E-state index in [1.807, 2.05) is 86.6 Å². The van der Waals surface area contributed by atoms with E-state index in [1.165, 1.54) is 49.7 Å². The van der Waals surface area contributed by atoms with E-state index < -0.39 is 0 Å². The Balaban J connectivity index is 0.000000398. The van der Waals surface area contributed by atoms with Crippen molar-refractivity contribution in [3.05, 3.63) is 132 Å². The van der Waals surface area contributed by atoms with Gasteiger partial charge < -0.3 is 0 Å². The molecule has 6 rings (SSSR count).